The molecule has 2 aromatic carbocycles. The Morgan fingerprint density at radius 2 is 1.65 bits per heavy atom. The van der Waals surface area contributed by atoms with Crippen LogP contribution in [0.1, 0.15) is 19.4 Å². The van der Waals surface area contributed by atoms with E-state index in [9.17, 15) is 8.42 Å². The van der Waals surface area contributed by atoms with Crippen molar-refractivity contribution in [1.29, 1.82) is 0 Å². The summed E-state index contributed by atoms with van der Waals surface area (Å²) in [5.41, 5.74) is 1.63. The SMILES string of the molecule is Cc1ccc(S(=O)(=O)n2c(OC(C)C)cc3ccccc32)cc1. The minimum atomic E-state index is -3.72. The molecule has 4 nitrogen and oxygen atoms in total. The van der Waals surface area contributed by atoms with E-state index in [1.807, 2.05) is 39.0 Å². The van der Waals surface area contributed by atoms with Gasteiger partial charge in [0.2, 0.25) is 5.88 Å². The van der Waals surface area contributed by atoms with E-state index >= 15 is 0 Å². The highest BCUT2D eigenvalue weighted by Crippen LogP contribution is 2.31. The summed E-state index contributed by atoms with van der Waals surface area (Å²) < 4.78 is 33.2. The van der Waals surface area contributed by atoms with Crippen molar-refractivity contribution in [3.8, 4) is 5.88 Å². The van der Waals surface area contributed by atoms with Gasteiger partial charge in [0.05, 0.1) is 16.5 Å². The van der Waals surface area contributed by atoms with Gasteiger partial charge in [0.15, 0.2) is 0 Å². The fourth-order valence-corrected chi connectivity index (χ4v) is 3.94. The van der Waals surface area contributed by atoms with Gasteiger partial charge < -0.3 is 4.74 Å². The average molecular weight is 329 g/mol. The van der Waals surface area contributed by atoms with Crippen LogP contribution < -0.4 is 4.74 Å². The lowest BCUT2D eigenvalue weighted by atomic mass is 10.2. The van der Waals surface area contributed by atoms with E-state index < -0.39 is 10.0 Å². The average Bonchev–Trinajstić information content (AvgIpc) is 2.85. The molecule has 0 aliphatic rings. The molecule has 3 rings (SSSR count). The Labute approximate surface area is 136 Å². The predicted octanol–water partition coefficient (Wildman–Crippen LogP) is 3.97. The summed E-state index contributed by atoms with van der Waals surface area (Å²) in [5, 5.41) is 0.832. The molecular formula is C18H19NO3S. The van der Waals surface area contributed by atoms with Crippen molar-refractivity contribution in [2.75, 3.05) is 0 Å². The van der Waals surface area contributed by atoms with Crippen LogP contribution in [0.4, 0.5) is 0 Å². The Balaban J connectivity index is 2.26. The maximum absolute atomic E-state index is 13.1. The standard InChI is InChI=1S/C18H19NO3S/c1-13(2)22-18-12-15-6-4-5-7-17(15)19(18)23(20,21)16-10-8-14(3)9-11-16/h4-13H,1-3H3. The summed E-state index contributed by atoms with van der Waals surface area (Å²) >= 11 is 0. The number of benzene rings is 2. The Hall–Kier alpha value is -2.27. The van der Waals surface area contributed by atoms with Crippen molar-refractivity contribution in [1.82, 2.24) is 3.97 Å². The molecular weight excluding hydrogens is 310 g/mol. The maximum atomic E-state index is 13.1. The van der Waals surface area contributed by atoms with Crippen LogP contribution in [0, 0.1) is 6.92 Å². The van der Waals surface area contributed by atoms with Crippen LogP contribution in [0.3, 0.4) is 0 Å². The minimum Gasteiger partial charge on any atom is -0.475 e. The molecule has 0 saturated heterocycles. The van der Waals surface area contributed by atoms with Crippen LogP contribution in [0.5, 0.6) is 5.88 Å². The molecule has 23 heavy (non-hydrogen) atoms. The van der Waals surface area contributed by atoms with Gasteiger partial charge in [-0.3, -0.25) is 0 Å². The fraction of sp³-hybridized carbons (Fsp3) is 0.222. The summed E-state index contributed by atoms with van der Waals surface area (Å²) in [6.07, 6.45) is -0.119. The molecule has 5 heteroatoms. The molecule has 0 aliphatic carbocycles. The highest BCUT2D eigenvalue weighted by atomic mass is 32.2. The van der Waals surface area contributed by atoms with Gasteiger partial charge in [-0.2, -0.15) is 0 Å². The molecule has 0 N–H and O–H groups in total. The third-order valence-electron chi connectivity index (χ3n) is 3.55. The van der Waals surface area contributed by atoms with Gasteiger partial charge in [0.25, 0.3) is 10.0 Å². The lowest BCUT2D eigenvalue weighted by molar-refractivity contribution is 0.231. The Bertz CT molecular complexity index is 938. The maximum Gasteiger partial charge on any atom is 0.271 e. The van der Waals surface area contributed by atoms with Crippen LogP contribution in [-0.2, 0) is 10.0 Å². The molecule has 0 bridgehead atoms. The monoisotopic (exact) mass is 329 g/mol. The van der Waals surface area contributed by atoms with Gasteiger partial charge in [-0.1, -0.05) is 35.9 Å². The number of nitrogens with zero attached hydrogens (tertiary/aromatic N) is 1. The molecule has 1 aromatic heterocycles. The first-order valence-corrected chi connectivity index (χ1v) is 8.93. The highest BCUT2D eigenvalue weighted by molar-refractivity contribution is 7.90. The summed E-state index contributed by atoms with van der Waals surface area (Å²) in [6.45, 7) is 5.68. The van der Waals surface area contributed by atoms with E-state index in [1.54, 1.807) is 36.4 Å². The second-order valence-corrected chi connectivity index (χ2v) is 7.58. The van der Waals surface area contributed by atoms with Crippen molar-refractivity contribution in [2.45, 2.75) is 31.8 Å². The van der Waals surface area contributed by atoms with Crippen molar-refractivity contribution >= 4 is 20.9 Å². The summed E-state index contributed by atoms with van der Waals surface area (Å²) in [5.74, 6) is 0.335. The second-order valence-electron chi connectivity index (χ2n) is 5.79. The highest BCUT2D eigenvalue weighted by Gasteiger charge is 2.24. The zero-order valence-electron chi connectivity index (χ0n) is 13.4. The summed E-state index contributed by atoms with van der Waals surface area (Å²) in [7, 11) is -3.72. The van der Waals surface area contributed by atoms with E-state index in [2.05, 4.69) is 0 Å². The van der Waals surface area contributed by atoms with E-state index in [-0.39, 0.29) is 11.0 Å². The van der Waals surface area contributed by atoms with E-state index in [0.717, 1.165) is 10.9 Å². The van der Waals surface area contributed by atoms with Crippen LogP contribution in [-0.4, -0.2) is 18.5 Å². The first-order chi connectivity index (χ1) is 10.9. The molecule has 0 aliphatic heterocycles. The lowest BCUT2D eigenvalue weighted by Crippen LogP contribution is -2.17. The number of para-hydroxylation sites is 1. The number of hydrogen-bond donors (Lipinski definition) is 0. The Kier molecular flexibility index (Phi) is 3.90. The third-order valence-corrected chi connectivity index (χ3v) is 5.28. The summed E-state index contributed by atoms with van der Waals surface area (Å²) in [4.78, 5) is 0.248. The smallest absolute Gasteiger partial charge is 0.271 e. The molecule has 0 radical (unpaired) electrons. The quantitative estimate of drug-likeness (QED) is 0.727. The van der Waals surface area contributed by atoms with Crippen LogP contribution in [0.2, 0.25) is 0 Å². The number of ether oxygens (including phenoxy) is 1. The fourth-order valence-electron chi connectivity index (χ4n) is 2.49. The molecule has 3 aromatic rings. The molecule has 0 amide bonds. The van der Waals surface area contributed by atoms with Gasteiger partial charge in [-0.15, -0.1) is 0 Å². The lowest BCUT2D eigenvalue weighted by Gasteiger charge is -2.14. The first kappa shape index (κ1) is 15.6. The van der Waals surface area contributed by atoms with Crippen molar-refractivity contribution in [3.05, 3.63) is 60.2 Å². The van der Waals surface area contributed by atoms with E-state index in [4.69, 9.17) is 4.74 Å². The molecule has 1 heterocycles. The molecule has 0 unspecified atom stereocenters. The van der Waals surface area contributed by atoms with Crippen LogP contribution in [0.15, 0.2) is 59.5 Å². The minimum absolute atomic E-state index is 0.119. The van der Waals surface area contributed by atoms with Gasteiger partial charge in [0.1, 0.15) is 0 Å². The number of aryl methyl sites for hydroxylation is 1. The van der Waals surface area contributed by atoms with E-state index in [1.165, 1.54) is 3.97 Å². The molecule has 0 fully saturated rings. The van der Waals surface area contributed by atoms with Gasteiger partial charge in [0, 0.05) is 11.5 Å². The number of aromatic nitrogens is 1. The predicted molar refractivity (Wildman–Crippen MR) is 91.5 cm³/mol. The van der Waals surface area contributed by atoms with E-state index in [0.29, 0.717) is 11.4 Å². The van der Waals surface area contributed by atoms with Gasteiger partial charge in [-0.05, 0) is 39.0 Å². The number of fused-ring (bicyclic) bond motifs is 1. The number of hydrogen-bond acceptors (Lipinski definition) is 3. The number of rotatable bonds is 4. The topological polar surface area (TPSA) is 48.3 Å². The molecule has 120 valence electrons. The van der Waals surface area contributed by atoms with Crippen LogP contribution >= 0.6 is 0 Å². The Morgan fingerprint density at radius 1 is 1.00 bits per heavy atom. The van der Waals surface area contributed by atoms with Crippen molar-refractivity contribution in [3.63, 3.8) is 0 Å². The zero-order valence-corrected chi connectivity index (χ0v) is 14.2. The normalized spacial score (nSPS) is 12.0. The van der Waals surface area contributed by atoms with Gasteiger partial charge >= 0.3 is 0 Å². The molecule has 0 saturated carbocycles. The largest absolute Gasteiger partial charge is 0.475 e. The van der Waals surface area contributed by atoms with Crippen molar-refractivity contribution in [2.24, 2.45) is 0 Å². The second kappa shape index (κ2) is 5.74. The molecule has 0 atom stereocenters. The summed E-state index contributed by atoms with van der Waals surface area (Å²) in [6, 6.07) is 16.0. The zero-order chi connectivity index (χ0) is 16.6. The Morgan fingerprint density at radius 3 is 2.30 bits per heavy atom. The first-order valence-electron chi connectivity index (χ1n) is 7.49. The molecule has 0 spiro atoms. The third kappa shape index (κ3) is 2.84. The van der Waals surface area contributed by atoms with Gasteiger partial charge in [-0.25, -0.2) is 12.4 Å². The van der Waals surface area contributed by atoms with Crippen molar-refractivity contribution < 1.29 is 13.2 Å². The van der Waals surface area contributed by atoms with Crippen LogP contribution in [0.25, 0.3) is 10.9 Å².